The third-order valence-electron chi connectivity index (χ3n) is 2.96. The molecule has 1 N–H and O–H groups in total. The molecule has 0 fully saturated rings. The second-order valence-electron chi connectivity index (χ2n) is 5.15. The molecular formula is C13H22BrNS. The van der Waals surface area contributed by atoms with Crippen molar-refractivity contribution in [2.24, 2.45) is 5.41 Å². The molecule has 0 aliphatic carbocycles. The number of thiophene rings is 1. The molecule has 0 radical (unpaired) electrons. The molecule has 1 heterocycles. The van der Waals surface area contributed by atoms with Gasteiger partial charge in [0.05, 0.1) is 0 Å². The van der Waals surface area contributed by atoms with Gasteiger partial charge in [0.25, 0.3) is 0 Å². The van der Waals surface area contributed by atoms with E-state index in [1.807, 2.05) is 18.4 Å². The first-order valence-electron chi connectivity index (χ1n) is 5.84. The first-order valence-corrected chi connectivity index (χ1v) is 7.45. The summed E-state index contributed by atoms with van der Waals surface area (Å²) < 4.78 is 1.29. The van der Waals surface area contributed by atoms with Crippen molar-refractivity contribution in [1.82, 2.24) is 5.32 Å². The molecule has 0 aliphatic rings. The van der Waals surface area contributed by atoms with Crippen molar-refractivity contribution < 1.29 is 0 Å². The van der Waals surface area contributed by atoms with Crippen molar-refractivity contribution in [2.75, 3.05) is 13.6 Å². The molecule has 0 saturated heterocycles. The minimum Gasteiger partial charge on any atom is -0.320 e. The highest BCUT2D eigenvalue weighted by Crippen LogP contribution is 2.32. The second-order valence-corrected chi connectivity index (χ2v) is 7.34. The zero-order valence-electron chi connectivity index (χ0n) is 10.7. The van der Waals surface area contributed by atoms with Crippen molar-refractivity contribution in [2.45, 2.75) is 40.0 Å². The predicted molar refractivity (Wildman–Crippen MR) is 77.4 cm³/mol. The molecule has 1 aromatic rings. The van der Waals surface area contributed by atoms with Gasteiger partial charge in [0.1, 0.15) is 0 Å². The fraction of sp³-hybridized carbons (Fsp3) is 0.692. The normalized spacial score (nSPS) is 12.1. The highest BCUT2D eigenvalue weighted by atomic mass is 79.9. The number of nitrogens with one attached hydrogen (secondary N) is 1. The molecule has 1 aromatic heterocycles. The van der Waals surface area contributed by atoms with E-state index in [4.69, 9.17) is 0 Å². The van der Waals surface area contributed by atoms with Crippen LogP contribution in [0.5, 0.6) is 0 Å². The molecule has 0 spiro atoms. The van der Waals surface area contributed by atoms with Crippen LogP contribution in [0.3, 0.4) is 0 Å². The highest BCUT2D eigenvalue weighted by Gasteiger charge is 2.18. The Morgan fingerprint density at radius 1 is 1.38 bits per heavy atom. The van der Waals surface area contributed by atoms with E-state index < -0.39 is 0 Å². The average Bonchev–Trinajstić information content (AvgIpc) is 2.52. The van der Waals surface area contributed by atoms with Gasteiger partial charge in [-0.05, 0) is 67.2 Å². The quantitative estimate of drug-likeness (QED) is 0.822. The van der Waals surface area contributed by atoms with Crippen molar-refractivity contribution >= 4 is 27.3 Å². The number of aryl methyl sites for hydroxylation is 2. The Labute approximate surface area is 112 Å². The van der Waals surface area contributed by atoms with Crippen LogP contribution < -0.4 is 5.32 Å². The van der Waals surface area contributed by atoms with E-state index in [-0.39, 0.29) is 0 Å². The summed E-state index contributed by atoms with van der Waals surface area (Å²) >= 11 is 5.55. The molecule has 0 amide bonds. The minimum atomic E-state index is 0.431. The summed E-state index contributed by atoms with van der Waals surface area (Å²) in [6, 6.07) is 2.22. The van der Waals surface area contributed by atoms with E-state index in [1.54, 1.807) is 0 Å². The Bertz CT molecular complexity index is 331. The van der Waals surface area contributed by atoms with Gasteiger partial charge in [0, 0.05) is 14.2 Å². The summed E-state index contributed by atoms with van der Waals surface area (Å²) in [5.74, 6) is 0. The van der Waals surface area contributed by atoms with Crippen molar-refractivity contribution in [3.05, 3.63) is 20.3 Å². The summed E-state index contributed by atoms with van der Waals surface area (Å²) in [5.41, 5.74) is 0.431. The lowest BCUT2D eigenvalue weighted by Gasteiger charge is -2.24. The van der Waals surface area contributed by atoms with E-state index in [9.17, 15) is 0 Å². The van der Waals surface area contributed by atoms with Gasteiger partial charge in [-0.3, -0.25) is 0 Å². The Kier molecular flexibility index (Phi) is 5.48. The van der Waals surface area contributed by atoms with Gasteiger partial charge in [-0.25, -0.2) is 0 Å². The molecule has 0 saturated carbocycles. The van der Waals surface area contributed by atoms with Crippen LogP contribution in [-0.4, -0.2) is 13.6 Å². The van der Waals surface area contributed by atoms with Crippen LogP contribution in [0, 0.1) is 12.3 Å². The van der Waals surface area contributed by atoms with Crippen LogP contribution in [0.25, 0.3) is 0 Å². The molecule has 1 rings (SSSR count). The van der Waals surface area contributed by atoms with Gasteiger partial charge < -0.3 is 5.32 Å². The standard InChI is InChI=1S/C13H22BrNS/c1-10-9-11(14)12(16-10)5-6-13(2,3)7-8-15-4/h9,15H,5-8H2,1-4H3. The lowest BCUT2D eigenvalue weighted by molar-refractivity contribution is 0.306. The maximum absolute atomic E-state index is 3.64. The summed E-state index contributed by atoms with van der Waals surface area (Å²) in [4.78, 5) is 2.89. The Balaban J connectivity index is 2.47. The molecule has 0 atom stereocenters. The molecule has 3 heteroatoms. The minimum absolute atomic E-state index is 0.431. The first kappa shape index (κ1) is 14.2. The molecule has 0 aliphatic heterocycles. The predicted octanol–water partition coefficient (Wildman–Crippen LogP) is 4.39. The third-order valence-corrected chi connectivity index (χ3v) is 5.04. The van der Waals surface area contributed by atoms with Gasteiger partial charge in [0.15, 0.2) is 0 Å². The third kappa shape index (κ3) is 4.56. The van der Waals surface area contributed by atoms with Gasteiger partial charge in [-0.1, -0.05) is 13.8 Å². The largest absolute Gasteiger partial charge is 0.320 e. The van der Waals surface area contributed by atoms with E-state index >= 15 is 0 Å². The van der Waals surface area contributed by atoms with Crippen LogP contribution >= 0.6 is 27.3 Å². The van der Waals surface area contributed by atoms with Gasteiger partial charge in [-0.15, -0.1) is 11.3 Å². The summed E-state index contributed by atoms with van der Waals surface area (Å²) in [5, 5.41) is 3.23. The molecule has 0 unspecified atom stereocenters. The van der Waals surface area contributed by atoms with Gasteiger partial charge in [0.2, 0.25) is 0 Å². The maximum atomic E-state index is 3.64. The SMILES string of the molecule is CNCCC(C)(C)CCc1sc(C)cc1Br. The average molecular weight is 304 g/mol. The molecular weight excluding hydrogens is 282 g/mol. The van der Waals surface area contributed by atoms with Gasteiger partial charge in [-0.2, -0.15) is 0 Å². The van der Waals surface area contributed by atoms with Gasteiger partial charge >= 0.3 is 0 Å². The van der Waals surface area contributed by atoms with Crippen LogP contribution in [0.4, 0.5) is 0 Å². The number of hydrogen-bond acceptors (Lipinski definition) is 2. The Morgan fingerprint density at radius 2 is 2.06 bits per heavy atom. The molecule has 1 nitrogen and oxygen atoms in total. The summed E-state index contributed by atoms with van der Waals surface area (Å²) in [6.45, 7) is 8.00. The van der Waals surface area contributed by atoms with Crippen molar-refractivity contribution in [3.8, 4) is 0 Å². The number of hydrogen-bond donors (Lipinski definition) is 1. The Hall–Kier alpha value is 0.140. The monoisotopic (exact) mass is 303 g/mol. The van der Waals surface area contributed by atoms with E-state index in [0.29, 0.717) is 5.41 Å². The second kappa shape index (κ2) is 6.18. The highest BCUT2D eigenvalue weighted by molar-refractivity contribution is 9.10. The zero-order chi connectivity index (χ0) is 12.2. The molecule has 0 bridgehead atoms. The van der Waals surface area contributed by atoms with Crippen LogP contribution in [0.1, 0.15) is 36.4 Å². The van der Waals surface area contributed by atoms with E-state index in [1.165, 1.54) is 33.5 Å². The van der Waals surface area contributed by atoms with Crippen LogP contribution in [0.15, 0.2) is 10.5 Å². The molecule has 0 aromatic carbocycles. The fourth-order valence-corrected chi connectivity index (χ4v) is 3.60. The van der Waals surface area contributed by atoms with Crippen LogP contribution in [-0.2, 0) is 6.42 Å². The zero-order valence-corrected chi connectivity index (χ0v) is 13.1. The molecule has 92 valence electrons. The maximum Gasteiger partial charge on any atom is 0.0317 e. The van der Waals surface area contributed by atoms with Crippen molar-refractivity contribution in [3.63, 3.8) is 0 Å². The number of rotatable bonds is 6. The fourth-order valence-electron chi connectivity index (χ4n) is 1.74. The van der Waals surface area contributed by atoms with E-state index in [0.717, 1.165) is 6.54 Å². The molecule has 16 heavy (non-hydrogen) atoms. The summed E-state index contributed by atoms with van der Waals surface area (Å²) in [7, 11) is 2.02. The smallest absolute Gasteiger partial charge is 0.0317 e. The van der Waals surface area contributed by atoms with E-state index in [2.05, 4.69) is 48.1 Å². The van der Waals surface area contributed by atoms with Crippen molar-refractivity contribution in [1.29, 1.82) is 0 Å². The lowest BCUT2D eigenvalue weighted by Crippen LogP contribution is -2.20. The summed E-state index contributed by atoms with van der Waals surface area (Å²) in [6.07, 6.45) is 3.69. The van der Waals surface area contributed by atoms with Crippen LogP contribution in [0.2, 0.25) is 0 Å². The lowest BCUT2D eigenvalue weighted by atomic mass is 9.84. The first-order chi connectivity index (χ1) is 7.44. The number of halogens is 1. The Morgan fingerprint density at radius 3 is 2.56 bits per heavy atom. The topological polar surface area (TPSA) is 12.0 Å².